The standard InChI is InChI=1S/C18H23NO2/c1-3-18(4-2,17(20)21)13-19-12-15-10-7-9-14-8-5-6-11-16(14)15/h5-11,19H,3-4,12-13H2,1-2H3,(H,20,21). The van der Waals surface area contributed by atoms with Gasteiger partial charge in [0.15, 0.2) is 0 Å². The Bertz CT molecular complexity index is 612. The average molecular weight is 285 g/mol. The van der Waals surface area contributed by atoms with Gasteiger partial charge in [-0.05, 0) is 29.2 Å². The summed E-state index contributed by atoms with van der Waals surface area (Å²) >= 11 is 0. The van der Waals surface area contributed by atoms with Crippen molar-refractivity contribution < 1.29 is 9.90 Å². The Morgan fingerprint density at radius 3 is 2.43 bits per heavy atom. The first kappa shape index (κ1) is 15.5. The number of fused-ring (bicyclic) bond motifs is 1. The zero-order valence-electron chi connectivity index (χ0n) is 12.7. The highest BCUT2D eigenvalue weighted by atomic mass is 16.4. The second kappa shape index (κ2) is 6.72. The average Bonchev–Trinajstić information content (AvgIpc) is 2.52. The van der Waals surface area contributed by atoms with Crippen LogP contribution in [0.15, 0.2) is 42.5 Å². The molecule has 2 aromatic rings. The van der Waals surface area contributed by atoms with Crippen molar-refractivity contribution in [2.45, 2.75) is 33.2 Å². The fourth-order valence-corrected chi connectivity index (χ4v) is 2.76. The van der Waals surface area contributed by atoms with Gasteiger partial charge in [0.25, 0.3) is 0 Å². The van der Waals surface area contributed by atoms with Crippen LogP contribution in [-0.2, 0) is 11.3 Å². The van der Waals surface area contributed by atoms with E-state index >= 15 is 0 Å². The SMILES string of the molecule is CCC(CC)(CNCc1cccc2ccccc12)C(=O)O. The van der Waals surface area contributed by atoms with Crippen LogP contribution in [-0.4, -0.2) is 17.6 Å². The van der Waals surface area contributed by atoms with E-state index < -0.39 is 11.4 Å². The Morgan fingerprint density at radius 1 is 1.10 bits per heavy atom. The van der Waals surface area contributed by atoms with Crippen LogP contribution in [0.25, 0.3) is 10.8 Å². The predicted octanol–water partition coefficient (Wildman–Crippen LogP) is 3.82. The number of hydrogen-bond donors (Lipinski definition) is 2. The van der Waals surface area contributed by atoms with Gasteiger partial charge in [-0.2, -0.15) is 0 Å². The normalized spacial score (nSPS) is 11.7. The number of carbonyl (C=O) groups is 1. The first-order valence-corrected chi connectivity index (χ1v) is 7.53. The van der Waals surface area contributed by atoms with Crippen molar-refractivity contribution >= 4 is 16.7 Å². The van der Waals surface area contributed by atoms with Gasteiger partial charge in [0, 0.05) is 13.1 Å². The summed E-state index contributed by atoms with van der Waals surface area (Å²) in [7, 11) is 0. The minimum absolute atomic E-state index is 0.499. The molecule has 0 bridgehead atoms. The highest BCUT2D eigenvalue weighted by Crippen LogP contribution is 2.26. The van der Waals surface area contributed by atoms with E-state index in [1.165, 1.54) is 16.3 Å². The molecule has 2 rings (SSSR count). The quantitative estimate of drug-likeness (QED) is 0.813. The number of carboxylic acids is 1. The predicted molar refractivity (Wildman–Crippen MR) is 86.3 cm³/mol. The van der Waals surface area contributed by atoms with Crippen LogP contribution in [0.2, 0.25) is 0 Å². The molecule has 0 fully saturated rings. The first-order valence-electron chi connectivity index (χ1n) is 7.53. The summed E-state index contributed by atoms with van der Waals surface area (Å²) in [6.45, 7) is 5.07. The van der Waals surface area contributed by atoms with Crippen LogP contribution in [0.4, 0.5) is 0 Å². The molecular formula is C18H23NO2. The minimum atomic E-state index is -0.710. The molecule has 0 aromatic heterocycles. The Balaban J connectivity index is 2.10. The topological polar surface area (TPSA) is 49.3 Å². The molecule has 0 aliphatic rings. The third kappa shape index (κ3) is 3.24. The number of hydrogen-bond acceptors (Lipinski definition) is 2. The fraction of sp³-hybridized carbons (Fsp3) is 0.389. The molecule has 3 nitrogen and oxygen atoms in total. The van der Waals surface area contributed by atoms with Gasteiger partial charge >= 0.3 is 5.97 Å². The number of nitrogens with one attached hydrogen (secondary N) is 1. The van der Waals surface area contributed by atoms with E-state index in [0.29, 0.717) is 25.9 Å². The number of rotatable bonds is 7. The zero-order chi connectivity index (χ0) is 15.3. The van der Waals surface area contributed by atoms with Crippen molar-refractivity contribution in [2.24, 2.45) is 5.41 Å². The minimum Gasteiger partial charge on any atom is -0.481 e. The van der Waals surface area contributed by atoms with Crippen LogP contribution in [0, 0.1) is 5.41 Å². The molecule has 112 valence electrons. The summed E-state index contributed by atoms with van der Waals surface area (Å²) in [5.74, 6) is -0.710. The maximum atomic E-state index is 11.5. The monoisotopic (exact) mass is 285 g/mol. The highest BCUT2D eigenvalue weighted by Gasteiger charge is 2.34. The molecule has 0 spiro atoms. The van der Waals surface area contributed by atoms with Crippen LogP contribution in [0.1, 0.15) is 32.3 Å². The summed E-state index contributed by atoms with van der Waals surface area (Å²) in [4.78, 5) is 11.5. The molecule has 0 aliphatic carbocycles. The van der Waals surface area contributed by atoms with Crippen LogP contribution in [0.5, 0.6) is 0 Å². The van der Waals surface area contributed by atoms with E-state index in [1.807, 2.05) is 32.0 Å². The van der Waals surface area contributed by atoms with E-state index in [4.69, 9.17) is 0 Å². The summed E-state index contributed by atoms with van der Waals surface area (Å²) in [6, 6.07) is 14.5. The summed E-state index contributed by atoms with van der Waals surface area (Å²) in [5.41, 5.74) is 0.546. The van der Waals surface area contributed by atoms with Gasteiger partial charge in [0.1, 0.15) is 0 Å². The number of benzene rings is 2. The lowest BCUT2D eigenvalue weighted by atomic mass is 9.82. The zero-order valence-corrected chi connectivity index (χ0v) is 12.7. The lowest BCUT2D eigenvalue weighted by Crippen LogP contribution is -2.40. The van der Waals surface area contributed by atoms with E-state index in [9.17, 15) is 9.90 Å². The molecule has 0 unspecified atom stereocenters. The molecule has 0 heterocycles. The van der Waals surface area contributed by atoms with Crippen molar-refractivity contribution in [2.75, 3.05) is 6.54 Å². The molecule has 0 atom stereocenters. The first-order chi connectivity index (χ1) is 10.1. The van der Waals surface area contributed by atoms with Gasteiger partial charge in [-0.3, -0.25) is 4.79 Å². The number of carboxylic acid groups (broad SMARTS) is 1. The van der Waals surface area contributed by atoms with Crippen LogP contribution in [0.3, 0.4) is 0 Å². The molecule has 0 radical (unpaired) electrons. The molecular weight excluding hydrogens is 262 g/mol. The highest BCUT2D eigenvalue weighted by molar-refractivity contribution is 5.85. The Hall–Kier alpha value is -1.87. The second-order valence-corrected chi connectivity index (χ2v) is 5.53. The molecule has 0 saturated carbocycles. The third-order valence-corrected chi connectivity index (χ3v) is 4.47. The van der Waals surface area contributed by atoms with E-state index in [1.54, 1.807) is 0 Å². The molecule has 3 heteroatoms. The van der Waals surface area contributed by atoms with Gasteiger partial charge < -0.3 is 10.4 Å². The van der Waals surface area contributed by atoms with Crippen LogP contribution >= 0.6 is 0 Å². The summed E-state index contributed by atoms with van der Waals surface area (Å²) < 4.78 is 0. The smallest absolute Gasteiger partial charge is 0.310 e. The van der Waals surface area contributed by atoms with E-state index in [0.717, 1.165) is 0 Å². The van der Waals surface area contributed by atoms with Crippen molar-refractivity contribution in [1.82, 2.24) is 5.32 Å². The second-order valence-electron chi connectivity index (χ2n) is 5.53. The van der Waals surface area contributed by atoms with Crippen molar-refractivity contribution in [3.8, 4) is 0 Å². The number of aliphatic carboxylic acids is 1. The Kier molecular flexibility index (Phi) is 4.97. The van der Waals surface area contributed by atoms with E-state index in [-0.39, 0.29) is 0 Å². The van der Waals surface area contributed by atoms with Crippen LogP contribution < -0.4 is 5.32 Å². The van der Waals surface area contributed by atoms with Gasteiger partial charge in [-0.15, -0.1) is 0 Å². The van der Waals surface area contributed by atoms with Crippen molar-refractivity contribution in [3.63, 3.8) is 0 Å². The van der Waals surface area contributed by atoms with E-state index in [2.05, 4.69) is 29.6 Å². The maximum absolute atomic E-state index is 11.5. The molecule has 0 amide bonds. The third-order valence-electron chi connectivity index (χ3n) is 4.47. The van der Waals surface area contributed by atoms with Gasteiger partial charge in [-0.25, -0.2) is 0 Å². The molecule has 2 aromatic carbocycles. The molecule has 2 N–H and O–H groups in total. The molecule has 0 aliphatic heterocycles. The lowest BCUT2D eigenvalue weighted by Gasteiger charge is -2.27. The fourth-order valence-electron chi connectivity index (χ4n) is 2.76. The summed E-state index contributed by atoms with van der Waals surface area (Å²) in [6.07, 6.45) is 1.28. The van der Waals surface area contributed by atoms with Gasteiger partial charge in [0.2, 0.25) is 0 Å². The molecule has 21 heavy (non-hydrogen) atoms. The maximum Gasteiger partial charge on any atom is 0.310 e. The molecule has 0 saturated heterocycles. The lowest BCUT2D eigenvalue weighted by molar-refractivity contribution is -0.149. The largest absolute Gasteiger partial charge is 0.481 e. The van der Waals surface area contributed by atoms with Gasteiger partial charge in [0.05, 0.1) is 5.41 Å². The Labute approximate surface area is 126 Å². The van der Waals surface area contributed by atoms with Crippen molar-refractivity contribution in [3.05, 3.63) is 48.0 Å². The summed E-state index contributed by atoms with van der Waals surface area (Å²) in [5, 5.41) is 15.2. The van der Waals surface area contributed by atoms with Crippen molar-refractivity contribution in [1.29, 1.82) is 0 Å². The van der Waals surface area contributed by atoms with Gasteiger partial charge in [-0.1, -0.05) is 56.3 Å². The Morgan fingerprint density at radius 2 is 1.76 bits per heavy atom.